The minimum Gasteiger partial charge on any atom is -0.497 e. The molecule has 0 radical (unpaired) electrons. The van der Waals surface area contributed by atoms with Gasteiger partial charge in [-0.15, -0.1) is 0 Å². The third-order valence-corrected chi connectivity index (χ3v) is 5.00. The lowest BCUT2D eigenvalue weighted by Crippen LogP contribution is -2.11. The van der Waals surface area contributed by atoms with E-state index in [9.17, 15) is 4.79 Å². The Labute approximate surface area is 158 Å². The average molecular weight is 363 g/mol. The van der Waals surface area contributed by atoms with E-state index in [-0.39, 0.29) is 5.91 Å². The van der Waals surface area contributed by atoms with Gasteiger partial charge in [-0.1, -0.05) is 48.5 Å². The summed E-state index contributed by atoms with van der Waals surface area (Å²) in [5, 5.41) is 2.89. The summed E-state index contributed by atoms with van der Waals surface area (Å²) in [6, 6.07) is 25.5. The monoisotopic (exact) mass is 363 g/mol. The summed E-state index contributed by atoms with van der Waals surface area (Å²) >= 11 is 1.87. The third kappa shape index (κ3) is 5.14. The maximum absolute atomic E-state index is 12.4. The van der Waals surface area contributed by atoms with E-state index in [4.69, 9.17) is 4.74 Å². The predicted molar refractivity (Wildman–Crippen MR) is 109 cm³/mol. The second-order valence-electron chi connectivity index (χ2n) is 5.86. The number of anilines is 1. The van der Waals surface area contributed by atoms with Gasteiger partial charge < -0.3 is 10.1 Å². The van der Waals surface area contributed by atoms with E-state index in [0.29, 0.717) is 11.3 Å². The van der Waals surface area contributed by atoms with Crippen molar-refractivity contribution in [1.82, 2.24) is 0 Å². The SMILES string of the molecule is COc1cccc(NC(=O)c2ccc(CSCc3ccccc3)cc2)c1. The quantitative estimate of drug-likeness (QED) is 0.612. The molecule has 3 rings (SSSR count). The molecular weight excluding hydrogens is 342 g/mol. The molecule has 0 spiro atoms. The lowest BCUT2D eigenvalue weighted by molar-refractivity contribution is 0.102. The van der Waals surface area contributed by atoms with Crippen molar-refractivity contribution in [1.29, 1.82) is 0 Å². The lowest BCUT2D eigenvalue weighted by Gasteiger charge is -2.08. The number of carbonyl (C=O) groups is 1. The van der Waals surface area contributed by atoms with Crippen molar-refractivity contribution in [2.45, 2.75) is 11.5 Å². The van der Waals surface area contributed by atoms with Crippen LogP contribution in [0.4, 0.5) is 5.69 Å². The number of methoxy groups -OCH3 is 1. The maximum Gasteiger partial charge on any atom is 0.255 e. The van der Waals surface area contributed by atoms with Crippen LogP contribution in [0.5, 0.6) is 5.75 Å². The van der Waals surface area contributed by atoms with Gasteiger partial charge in [0.15, 0.2) is 0 Å². The second-order valence-corrected chi connectivity index (χ2v) is 6.85. The first kappa shape index (κ1) is 18.1. The molecule has 0 fully saturated rings. The zero-order valence-corrected chi connectivity index (χ0v) is 15.5. The molecule has 0 saturated heterocycles. The van der Waals surface area contributed by atoms with Gasteiger partial charge in [0, 0.05) is 28.8 Å². The molecule has 3 aromatic rings. The molecule has 0 bridgehead atoms. The van der Waals surface area contributed by atoms with Gasteiger partial charge in [-0.2, -0.15) is 11.8 Å². The number of amides is 1. The van der Waals surface area contributed by atoms with E-state index >= 15 is 0 Å². The van der Waals surface area contributed by atoms with Crippen LogP contribution in [0.3, 0.4) is 0 Å². The van der Waals surface area contributed by atoms with Gasteiger partial charge in [0.05, 0.1) is 7.11 Å². The normalized spacial score (nSPS) is 10.3. The zero-order chi connectivity index (χ0) is 18.2. The number of nitrogens with one attached hydrogen (secondary N) is 1. The Morgan fingerprint density at radius 3 is 2.27 bits per heavy atom. The molecule has 0 atom stereocenters. The third-order valence-electron chi connectivity index (χ3n) is 3.92. The molecule has 0 saturated carbocycles. The van der Waals surface area contributed by atoms with E-state index in [0.717, 1.165) is 17.2 Å². The Bertz CT molecular complexity index is 848. The molecule has 0 aromatic heterocycles. The van der Waals surface area contributed by atoms with Crippen LogP contribution < -0.4 is 10.1 Å². The van der Waals surface area contributed by atoms with E-state index in [1.54, 1.807) is 13.2 Å². The molecule has 132 valence electrons. The highest BCUT2D eigenvalue weighted by molar-refractivity contribution is 7.97. The van der Waals surface area contributed by atoms with Crippen molar-refractivity contribution < 1.29 is 9.53 Å². The summed E-state index contributed by atoms with van der Waals surface area (Å²) in [6.07, 6.45) is 0. The Morgan fingerprint density at radius 1 is 0.885 bits per heavy atom. The van der Waals surface area contributed by atoms with Crippen LogP contribution in [0.25, 0.3) is 0 Å². The Morgan fingerprint density at radius 2 is 1.58 bits per heavy atom. The second kappa shape index (κ2) is 9.11. The van der Waals surface area contributed by atoms with Crippen molar-refractivity contribution in [2.75, 3.05) is 12.4 Å². The van der Waals surface area contributed by atoms with E-state index < -0.39 is 0 Å². The number of carbonyl (C=O) groups excluding carboxylic acids is 1. The van der Waals surface area contributed by atoms with Crippen LogP contribution in [-0.4, -0.2) is 13.0 Å². The van der Waals surface area contributed by atoms with Crippen LogP contribution in [0.15, 0.2) is 78.9 Å². The number of benzene rings is 3. The first-order chi connectivity index (χ1) is 12.7. The van der Waals surface area contributed by atoms with Gasteiger partial charge in [-0.25, -0.2) is 0 Å². The molecule has 0 aliphatic carbocycles. The zero-order valence-electron chi connectivity index (χ0n) is 14.6. The fourth-order valence-electron chi connectivity index (χ4n) is 2.52. The van der Waals surface area contributed by atoms with Gasteiger partial charge in [0.2, 0.25) is 0 Å². The molecule has 0 heterocycles. The molecule has 0 unspecified atom stereocenters. The molecule has 3 nitrogen and oxygen atoms in total. The number of rotatable bonds is 7. The fourth-order valence-corrected chi connectivity index (χ4v) is 3.48. The molecule has 4 heteroatoms. The maximum atomic E-state index is 12.4. The van der Waals surface area contributed by atoms with E-state index in [2.05, 4.69) is 29.6 Å². The molecule has 0 aliphatic rings. The smallest absolute Gasteiger partial charge is 0.255 e. The number of hydrogen-bond donors (Lipinski definition) is 1. The van der Waals surface area contributed by atoms with Crippen molar-refractivity contribution >= 4 is 23.4 Å². The van der Waals surface area contributed by atoms with Crippen LogP contribution in [0.1, 0.15) is 21.5 Å². The Kier molecular flexibility index (Phi) is 6.34. The molecule has 26 heavy (non-hydrogen) atoms. The summed E-state index contributed by atoms with van der Waals surface area (Å²) in [5.74, 6) is 2.50. The largest absolute Gasteiger partial charge is 0.497 e. The van der Waals surface area contributed by atoms with Gasteiger partial charge in [-0.3, -0.25) is 4.79 Å². The molecule has 1 N–H and O–H groups in total. The predicted octanol–water partition coefficient (Wildman–Crippen LogP) is 5.38. The highest BCUT2D eigenvalue weighted by Gasteiger charge is 2.07. The average Bonchev–Trinajstić information content (AvgIpc) is 2.69. The highest BCUT2D eigenvalue weighted by atomic mass is 32.2. The van der Waals surface area contributed by atoms with Crippen molar-refractivity contribution in [3.05, 3.63) is 95.6 Å². The van der Waals surface area contributed by atoms with E-state index in [1.165, 1.54) is 11.1 Å². The van der Waals surface area contributed by atoms with Crippen LogP contribution in [-0.2, 0) is 11.5 Å². The standard InChI is InChI=1S/C22H21NO2S/c1-25-21-9-5-8-20(14-21)23-22(24)19-12-10-18(11-13-19)16-26-15-17-6-3-2-4-7-17/h2-14H,15-16H2,1H3,(H,23,24). The topological polar surface area (TPSA) is 38.3 Å². The van der Waals surface area contributed by atoms with Crippen molar-refractivity contribution in [3.8, 4) is 5.75 Å². The van der Waals surface area contributed by atoms with Gasteiger partial charge in [-0.05, 0) is 35.4 Å². The summed E-state index contributed by atoms with van der Waals surface area (Å²) < 4.78 is 5.17. The fraction of sp³-hybridized carbons (Fsp3) is 0.136. The van der Waals surface area contributed by atoms with Crippen LogP contribution >= 0.6 is 11.8 Å². The lowest BCUT2D eigenvalue weighted by atomic mass is 10.1. The Hall–Kier alpha value is -2.72. The minimum atomic E-state index is -0.123. The van der Waals surface area contributed by atoms with E-state index in [1.807, 2.05) is 60.3 Å². The Balaban J connectivity index is 1.54. The summed E-state index contributed by atoms with van der Waals surface area (Å²) in [7, 11) is 1.61. The molecular formula is C22H21NO2S. The highest BCUT2D eigenvalue weighted by Crippen LogP contribution is 2.20. The molecule has 0 aliphatic heterocycles. The van der Waals surface area contributed by atoms with Gasteiger partial charge in [0.1, 0.15) is 5.75 Å². The summed E-state index contributed by atoms with van der Waals surface area (Å²) in [4.78, 5) is 12.4. The first-order valence-electron chi connectivity index (χ1n) is 8.40. The van der Waals surface area contributed by atoms with Crippen LogP contribution in [0, 0.1) is 0 Å². The summed E-state index contributed by atoms with van der Waals surface area (Å²) in [5.41, 5.74) is 3.90. The minimum absolute atomic E-state index is 0.123. The van der Waals surface area contributed by atoms with Crippen molar-refractivity contribution in [3.63, 3.8) is 0 Å². The molecule has 1 amide bonds. The van der Waals surface area contributed by atoms with Gasteiger partial charge >= 0.3 is 0 Å². The molecule has 3 aromatic carbocycles. The van der Waals surface area contributed by atoms with Gasteiger partial charge in [0.25, 0.3) is 5.91 Å². The number of hydrogen-bond acceptors (Lipinski definition) is 3. The van der Waals surface area contributed by atoms with Crippen molar-refractivity contribution in [2.24, 2.45) is 0 Å². The van der Waals surface area contributed by atoms with Crippen LogP contribution in [0.2, 0.25) is 0 Å². The number of ether oxygens (including phenoxy) is 1. The summed E-state index contributed by atoms with van der Waals surface area (Å²) in [6.45, 7) is 0. The first-order valence-corrected chi connectivity index (χ1v) is 9.56. The number of thioether (sulfide) groups is 1.